The molecule has 0 saturated carbocycles. The van der Waals surface area contributed by atoms with Crippen molar-refractivity contribution in [2.75, 3.05) is 27.2 Å². The van der Waals surface area contributed by atoms with Crippen LogP contribution in [0.2, 0.25) is 0 Å². The molecule has 0 atom stereocenters. The van der Waals surface area contributed by atoms with E-state index in [1.807, 2.05) is 38.1 Å². The molecule has 112 valence electrons. The van der Waals surface area contributed by atoms with E-state index in [4.69, 9.17) is 0 Å². The summed E-state index contributed by atoms with van der Waals surface area (Å²) in [6.07, 6.45) is 0. The zero-order valence-electron chi connectivity index (χ0n) is 12.6. The summed E-state index contributed by atoms with van der Waals surface area (Å²) in [5.41, 5.74) is 0.377. The van der Waals surface area contributed by atoms with Gasteiger partial charge in [-0.3, -0.25) is 14.3 Å². The van der Waals surface area contributed by atoms with Crippen molar-refractivity contribution in [3.63, 3.8) is 0 Å². The predicted molar refractivity (Wildman–Crippen MR) is 82.6 cm³/mol. The summed E-state index contributed by atoms with van der Waals surface area (Å²) in [5.74, 6) is -0.421. The van der Waals surface area contributed by atoms with Crippen molar-refractivity contribution in [2.24, 2.45) is 0 Å². The highest BCUT2D eigenvalue weighted by atomic mass is 16.2. The molecule has 0 aliphatic heterocycles. The van der Waals surface area contributed by atoms with Crippen LogP contribution in [0.4, 0.5) is 0 Å². The zero-order valence-corrected chi connectivity index (χ0v) is 12.6. The van der Waals surface area contributed by atoms with Gasteiger partial charge >= 0.3 is 0 Å². The molecule has 1 amide bonds. The van der Waals surface area contributed by atoms with Crippen LogP contribution < -0.4 is 10.7 Å². The summed E-state index contributed by atoms with van der Waals surface area (Å²) < 4.78 is 1.68. The van der Waals surface area contributed by atoms with Gasteiger partial charge in [0.05, 0.1) is 5.52 Å². The molecule has 1 aromatic carbocycles. The topological polar surface area (TPSA) is 67.2 Å². The fourth-order valence-electron chi connectivity index (χ4n) is 2.10. The van der Waals surface area contributed by atoms with Gasteiger partial charge in [0.2, 0.25) is 5.43 Å². The van der Waals surface area contributed by atoms with Gasteiger partial charge in [0.25, 0.3) is 5.91 Å². The molecule has 0 saturated heterocycles. The first-order valence-corrected chi connectivity index (χ1v) is 6.97. The van der Waals surface area contributed by atoms with Gasteiger partial charge < -0.3 is 10.2 Å². The third kappa shape index (κ3) is 3.28. The quantitative estimate of drug-likeness (QED) is 0.880. The number of nitrogens with zero attached hydrogens (tertiary/aromatic N) is 3. The van der Waals surface area contributed by atoms with Crippen LogP contribution >= 0.6 is 0 Å². The van der Waals surface area contributed by atoms with Gasteiger partial charge in [-0.15, -0.1) is 0 Å². The first-order valence-electron chi connectivity index (χ1n) is 6.97. The number of carbonyl (C=O) groups excluding carboxylic acids is 1. The summed E-state index contributed by atoms with van der Waals surface area (Å²) in [7, 11) is 3.84. The third-order valence-corrected chi connectivity index (χ3v) is 3.22. The van der Waals surface area contributed by atoms with E-state index in [9.17, 15) is 9.59 Å². The molecule has 1 aromatic heterocycles. The van der Waals surface area contributed by atoms with Gasteiger partial charge in [-0.25, -0.2) is 0 Å². The number of hydrogen-bond donors (Lipinski definition) is 1. The molecule has 0 radical (unpaired) electrons. The molecule has 0 fully saturated rings. The number of aryl methyl sites for hydroxylation is 1. The maximum atomic E-state index is 12.4. The lowest BCUT2D eigenvalue weighted by Gasteiger charge is -2.12. The van der Waals surface area contributed by atoms with E-state index in [0.29, 0.717) is 25.0 Å². The molecular weight excluding hydrogens is 268 g/mol. The SMILES string of the molecule is CCn1nc(C(=O)NCCN(C)C)c(=O)c2ccccc21. The molecule has 6 nitrogen and oxygen atoms in total. The Morgan fingerprint density at radius 3 is 2.71 bits per heavy atom. The summed E-state index contributed by atoms with van der Waals surface area (Å²) in [4.78, 5) is 26.5. The first kappa shape index (κ1) is 15.2. The maximum absolute atomic E-state index is 12.4. The number of rotatable bonds is 5. The molecule has 2 aromatic rings. The van der Waals surface area contributed by atoms with E-state index in [-0.39, 0.29) is 11.1 Å². The van der Waals surface area contributed by atoms with Crippen molar-refractivity contribution in [3.8, 4) is 0 Å². The van der Waals surface area contributed by atoms with Crippen molar-refractivity contribution in [3.05, 3.63) is 40.2 Å². The lowest BCUT2D eigenvalue weighted by Crippen LogP contribution is -2.35. The average molecular weight is 288 g/mol. The highest BCUT2D eigenvalue weighted by Crippen LogP contribution is 2.09. The fourth-order valence-corrected chi connectivity index (χ4v) is 2.10. The maximum Gasteiger partial charge on any atom is 0.275 e. The second kappa shape index (κ2) is 6.49. The third-order valence-electron chi connectivity index (χ3n) is 3.22. The van der Waals surface area contributed by atoms with Crippen LogP contribution in [-0.2, 0) is 6.54 Å². The second-order valence-electron chi connectivity index (χ2n) is 5.07. The lowest BCUT2D eigenvalue weighted by atomic mass is 10.2. The Kier molecular flexibility index (Phi) is 4.70. The van der Waals surface area contributed by atoms with Crippen molar-refractivity contribution in [2.45, 2.75) is 13.5 Å². The highest BCUT2D eigenvalue weighted by Gasteiger charge is 2.16. The predicted octanol–water partition coefficient (Wildman–Crippen LogP) is 0.708. The van der Waals surface area contributed by atoms with E-state index in [0.717, 1.165) is 5.52 Å². The average Bonchev–Trinajstić information content (AvgIpc) is 2.47. The van der Waals surface area contributed by atoms with Crippen LogP contribution in [0.1, 0.15) is 17.4 Å². The van der Waals surface area contributed by atoms with Gasteiger partial charge in [0.1, 0.15) is 0 Å². The summed E-state index contributed by atoms with van der Waals surface area (Å²) in [6.45, 7) is 3.71. The minimum absolute atomic E-state index is 0.0469. The molecule has 0 aliphatic carbocycles. The first-order chi connectivity index (χ1) is 10.0. The summed E-state index contributed by atoms with van der Waals surface area (Å²) >= 11 is 0. The molecule has 1 N–H and O–H groups in total. The van der Waals surface area contributed by atoms with Crippen molar-refractivity contribution >= 4 is 16.8 Å². The molecular formula is C15H20N4O2. The van der Waals surface area contributed by atoms with Crippen LogP contribution in [0.3, 0.4) is 0 Å². The molecule has 0 unspecified atom stereocenters. The Morgan fingerprint density at radius 1 is 1.33 bits per heavy atom. The number of nitrogens with one attached hydrogen (secondary N) is 1. The van der Waals surface area contributed by atoms with E-state index in [2.05, 4.69) is 10.4 Å². The number of benzene rings is 1. The number of carbonyl (C=O) groups is 1. The Labute approximate surface area is 123 Å². The molecule has 1 heterocycles. The van der Waals surface area contributed by atoms with E-state index in [1.165, 1.54) is 0 Å². The van der Waals surface area contributed by atoms with Crippen LogP contribution in [0.5, 0.6) is 0 Å². The van der Waals surface area contributed by atoms with Gasteiger partial charge in [-0.1, -0.05) is 12.1 Å². The highest BCUT2D eigenvalue weighted by molar-refractivity contribution is 5.95. The van der Waals surface area contributed by atoms with Crippen molar-refractivity contribution in [1.82, 2.24) is 20.0 Å². The van der Waals surface area contributed by atoms with Crippen LogP contribution in [-0.4, -0.2) is 47.8 Å². The van der Waals surface area contributed by atoms with Gasteiger partial charge in [0, 0.05) is 25.0 Å². The zero-order chi connectivity index (χ0) is 15.4. The summed E-state index contributed by atoms with van der Waals surface area (Å²) in [6, 6.07) is 7.20. The number of fused-ring (bicyclic) bond motifs is 1. The normalized spacial score (nSPS) is 11.0. The van der Waals surface area contributed by atoms with Gasteiger partial charge in [0.15, 0.2) is 5.69 Å². The Hall–Kier alpha value is -2.21. The monoisotopic (exact) mass is 288 g/mol. The van der Waals surface area contributed by atoms with Crippen molar-refractivity contribution in [1.29, 1.82) is 0 Å². The largest absolute Gasteiger partial charge is 0.349 e. The van der Waals surface area contributed by atoms with Crippen LogP contribution in [0.15, 0.2) is 29.1 Å². The summed E-state index contributed by atoms with van der Waals surface area (Å²) in [5, 5.41) is 7.45. The van der Waals surface area contributed by atoms with Crippen LogP contribution in [0.25, 0.3) is 10.9 Å². The standard InChI is InChI=1S/C15H20N4O2/c1-4-19-12-8-6-5-7-11(12)14(20)13(17-19)15(21)16-9-10-18(2)3/h5-8H,4,9-10H2,1-3H3,(H,16,21). The molecule has 21 heavy (non-hydrogen) atoms. The lowest BCUT2D eigenvalue weighted by molar-refractivity contribution is 0.0943. The second-order valence-corrected chi connectivity index (χ2v) is 5.07. The number of para-hydroxylation sites is 1. The Morgan fingerprint density at radius 2 is 2.05 bits per heavy atom. The molecule has 0 spiro atoms. The number of amides is 1. The minimum Gasteiger partial charge on any atom is -0.349 e. The molecule has 6 heteroatoms. The number of aromatic nitrogens is 2. The molecule has 2 rings (SSSR count). The smallest absolute Gasteiger partial charge is 0.275 e. The van der Waals surface area contributed by atoms with Crippen molar-refractivity contribution < 1.29 is 4.79 Å². The van der Waals surface area contributed by atoms with E-state index >= 15 is 0 Å². The fraction of sp³-hybridized carbons (Fsp3) is 0.400. The number of likely N-dealkylation sites (N-methyl/N-ethyl adjacent to an activating group) is 1. The minimum atomic E-state index is -0.421. The van der Waals surface area contributed by atoms with Crippen LogP contribution in [0, 0.1) is 0 Å². The van der Waals surface area contributed by atoms with E-state index in [1.54, 1.807) is 16.8 Å². The molecule has 0 bridgehead atoms. The number of hydrogen-bond acceptors (Lipinski definition) is 4. The Bertz CT molecular complexity index is 706. The molecule has 0 aliphatic rings. The van der Waals surface area contributed by atoms with Gasteiger partial charge in [-0.2, -0.15) is 5.10 Å². The Balaban J connectivity index is 2.38. The van der Waals surface area contributed by atoms with E-state index < -0.39 is 5.91 Å². The van der Waals surface area contributed by atoms with Gasteiger partial charge in [-0.05, 0) is 33.2 Å².